The van der Waals surface area contributed by atoms with Crippen molar-refractivity contribution in [1.82, 2.24) is 14.9 Å². The van der Waals surface area contributed by atoms with Crippen LogP contribution in [0.3, 0.4) is 0 Å². The van der Waals surface area contributed by atoms with Gasteiger partial charge in [-0.2, -0.15) is 5.10 Å². The summed E-state index contributed by atoms with van der Waals surface area (Å²) in [5.41, 5.74) is 15.5. The Morgan fingerprint density at radius 2 is 2.03 bits per heavy atom. The molecule has 150 valence electrons. The highest BCUT2D eigenvalue weighted by Crippen LogP contribution is 2.36. The third-order valence-corrected chi connectivity index (χ3v) is 5.33. The van der Waals surface area contributed by atoms with Gasteiger partial charge in [0.15, 0.2) is 0 Å². The van der Waals surface area contributed by atoms with Crippen LogP contribution in [0.2, 0.25) is 0 Å². The van der Waals surface area contributed by atoms with Crippen LogP contribution in [0.25, 0.3) is 16.6 Å². The number of benzene rings is 1. The van der Waals surface area contributed by atoms with E-state index in [1.807, 2.05) is 36.5 Å². The Balaban J connectivity index is 1.73. The summed E-state index contributed by atoms with van der Waals surface area (Å²) in [7, 11) is 0. The van der Waals surface area contributed by atoms with Crippen LogP contribution < -0.4 is 22.1 Å². The van der Waals surface area contributed by atoms with Gasteiger partial charge in [-0.25, -0.2) is 9.31 Å². The number of fused-ring (bicyclic) bond motifs is 1. The number of hydrogen-bond acceptors (Lipinski definition) is 4. The molecule has 8 heteroatoms. The summed E-state index contributed by atoms with van der Waals surface area (Å²) in [5.74, 6) is 0.112. The molecule has 1 fully saturated rings. The van der Waals surface area contributed by atoms with Crippen molar-refractivity contribution in [1.29, 1.82) is 0 Å². The second-order valence-corrected chi connectivity index (χ2v) is 7.54. The lowest BCUT2D eigenvalue weighted by atomic mass is 10.1. The number of carbonyl (C=O) groups excluding carboxylic acids is 2. The highest BCUT2D eigenvalue weighted by Gasteiger charge is 2.29. The van der Waals surface area contributed by atoms with Crippen molar-refractivity contribution in [2.45, 2.75) is 32.4 Å². The minimum Gasteiger partial charge on any atom is -0.380 e. The van der Waals surface area contributed by atoms with Crippen molar-refractivity contribution in [3.8, 4) is 11.1 Å². The van der Waals surface area contributed by atoms with E-state index in [9.17, 15) is 9.59 Å². The quantitative estimate of drug-likeness (QED) is 0.492. The molecule has 0 radical (unpaired) electrons. The average Bonchev–Trinajstić information content (AvgIpc) is 3.45. The van der Waals surface area contributed by atoms with Crippen LogP contribution in [-0.4, -0.2) is 27.6 Å². The molecule has 29 heavy (non-hydrogen) atoms. The maximum Gasteiger partial charge on any atom is 0.312 e. The number of aromatic nitrogens is 2. The van der Waals surface area contributed by atoms with Gasteiger partial charge >= 0.3 is 6.03 Å². The first kappa shape index (κ1) is 18.8. The second-order valence-electron chi connectivity index (χ2n) is 7.54. The van der Waals surface area contributed by atoms with E-state index in [0.717, 1.165) is 22.2 Å². The minimum absolute atomic E-state index is 0.251. The van der Waals surface area contributed by atoms with Gasteiger partial charge in [0, 0.05) is 24.3 Å². The molecule has 0 unspecified atom stereocenters. The number of urea groups is 1. The first-order valence-electron chi connectivity index (χ1n) is 9.62. The third kappa shape index (κ3) is 4.01. The molecule has 6 N–H and O–H groups in total. The van der Waals surface area contributed by atoms with Gasteiger partial charge in [0.2, 0.25) is 0 Å². The number of primary amides is 2. The maximum atomic E-state index is 12.0. The lowest BCUT2D eigenvalue weighted by Gasteiger charge is -2.17. The lowest BCUT2D eigenvalue weighted by Crippen LogP contribution is -2.28. The molecule has 1 atom stereocenters. The van der Waals surface area contributed by atoms with E-state index in [1.165, 1.54) is 19.0 Å². The molecule has 8 nitrogen and oxygen atoms in total. The van der Waals surface area contributed by atoms with Crippen LogP contribution in [0.5, 0.6) is 0 Å². The molecule has 1 saturated carbocycles. The van der Waals surface area contributed by atoms with Gasteiger partial charge in [0.25, 0.3) is 5.91 Å². The molecule has 2 heterocycles. The van der Waals surface area contributed by atoms with Gasteiger partial charge in [-0.05, 0) is 48.9 Å². The van der Waals surface area contributed by atoms with Crippen molar-refractivity contribution in [2.24, 2.45) is 17.4 Å². The fraction of sp³-hybridized carbons (Fsp3) is 0.286. The van der Waals surface area contributed by atoms with Crippen LogP contribution in [0.4, 0.5) is 10.5 Å². The first-order valence-corrected chi connectivity index (χ1v) is 9.62. The monoisotopic (exact) mass is 392 g/mol. The Kier molecular flexibility index (Phi) is 4.84. The number of amides is 3. The smallest absolute Gasteiger partial charge is 0.312 e. The SMILES string of the molecule is C[C@@H](Nc1c(C(N)=O)cnn2cc(-c3cccc(CNC(N)=O)c3)cc12)C1CC1. The molecule has 3 amide bonds. The number of nitrogens with one attached hydrogen (secondary N) is 2. The molecular weight excluding hydrogens is 368 g/mol. The second kappa shape index (κ2) is 7.46. The standard InChI is InChI=1S/C21H24N6O2/c1-12(14-5-6-14)26-19-17(20(22)28)10-25-27-11-16(8-18(19)27)15-4-2-3-13(7-15)9-24-21(23)29/h2-4,7-8,10-12,14,26H,5-6,9H2,1H3,(H2,22,28)(H3,23,24,29)/t12-/m1/s1. The lowest BCUT2D eigenvalue weighted by molar-refractivity contribution is 0.100. The minimum atomic E-state index is -0.561. The highest BCUT2D eigenvalue weighted by atomic mass is 16.2. The van der Waals surface area contributed by atoms with E-state index in [-0.39, 0.29) is 6.04 Å². The summed E-state index contributed by atoms with van der Waals surface area (Å²) in [6.07, 6.45) is 5.81. The van der Waals surface area contributed by atoms with E-state index in [2.05, 4.69) is 22.7 Å². The van der Waals surface area contributed by atoms with Crippen LogP contribution in [-0.2, 0) is 6.54 Å². The fourth-order valence-corrected chi connectivity index (χ4v) is 3.54. The largest absolute Gasteiger partial charge is 0.380 e. The Labute approximate surface area is 168 Å². The van der Waals surface area contributed by atoms with Gasteiger partial charge in [-0.15, -0.1) is 0 Å². The molecule has 2 aromatic heterocycles. The van der Waals surface area contributed by atoms with E-state index in [1.54, 1.807) is 4.52 Å². The summed E-state index contributed by atoms with van der Waals surface area (Å²) in [6, 6.07) is 9.49. The van der Waals surface area contributed by atoms with Crippen LogP contribution in [0.1, 0.15) is 35.7 Å². The van der Waals surface area contributed by atoms with Crippen molar-refractivity contribution in [3.05, 3.63) is 53.9 Å². The van der Waals surface area contributed by atoms with Crippen molar-refractivity contribution < 1.29 is 9.59 Å². The Morgan fingerprint density at radius 1 is 1.24 bits per heavy atom. The Hall–Kier alpha value is -3.55. The number of hydrogen-bond donors (Lipinski definition) is 4. The zero-order valence-electron chi connectivity index (χ0n) is 16.2. The molecule has 3 aromatic rings. The van der Waals surface area contributed by atoms with Crippen LogP contribution >= 0.6 is 0 Å². The molecule has 1 aliphatic carbocycles. The van der Waals surface area contributed by atoms with E-state index >= 15 is 0 Å². The Bertz CT molecular complexity index is 1090. The molecule has 0 aliphatic heterocycles. The summed E-state index contributed by atoms with van der Waals surface area (Å²) < 4.78 is 1.75. The topological polar surface area (TPSA) is 128 Å². The van der Waals surface area contributed by atoms with Gasteiger partial charge in [-0.3, -0.25) is 4.79 Å². The molecular formula is C21H24N6O2. The average molecular weight is 392 g/mol. The van der Waals surface area contributed by atoms with Gasteiger partial charge in [0.1, 0.15) is 0 Å². The van der Waals surface area contributed by atoms with Crippen LogP contribution in [0, 0.1) is 5.92 Å². The summed E-state index contributed by atoms with van der Waals surface area (Å²) in [4.78, 5) is 22.9. The molecule has 1 aliphatic rings. The number of rotatable bonds is 7. The van der Waals surface area contributed by atoms with Crippen molar-refractivity contribution in [3.63, 3.8) is 0 Å². The number of nitrogens with zero attached hydrogens (tertiary/aromatic N) is 2. The zero-order chi connectivity index (χ0) is 20.5. The predicted molar refractivity (Wildman–Crippen MR) is 111 cm³/mol. The van der Waals surface area contributed by atoms with E-state index in [4.69, 9.17) is 11.5 Å². The molecule has 0 spiro atoms. The third-order valence-electron chi connectivity index (χ3n) is 5.33. The van der Waals surface area contributed by atoms with Crippen molar-refractivity contribution >= 4 is 23.1 Å². The van der Waals surface area contributed by atoms with Gasteiger partial charge < -0.3 is 22.1 Å². The number of carbonyl (C=O) groups is 2. The maximum absolute atomic E-state index is 12.0. The number of nitrogens with two attached hydrogens (primary N) is 2. The normalized spacial score (nSPS) is 14.5. The van der Waals surface area contributed by atoms with Gasteiger partial charge in [0.05, 0.1) is 23.0 Å². The summed E-state index contributed by atoms with van der Waals surface area (Å²) in [5, 5.41) is 10.4. The van der Waals surface area contributed by atoms with E-state index < -0.39 is 11.9 Å². The molecule has 0 bridgehead atoms. The fourth-order valence-electron chi connectivity index (χ4n) is 3.54. The molecule has 4 rings (SSSR count). The van der Waals surface area contributed by atoms with E-state index in [0.29, 0.717) is 23.7 Å². The van der Waals surface area contributed by atoms with Crippen LogP contribution in [0.15, 0.2) is 42.7 Å². The predicted octanol–water partition coefficient (Wildman–Crippen LogP) is 2.48. The van der Waals surface area contributed by atoms with Crippen molar-refractivity contribution in [2.75, 3.05) is 5.32 Å². The first-order chi connectivity index (χ1) is 13.9. The zero-order valence-corrected chi connectivity index (χ0v) is 16.2. The van der Waals surface area contributed by atoms with Gasteiger partial charge in [-0.1, -0.05) is 18.2 Å². The molecule has 1 aromatic carbocycles. The summed E-state index contributed by atoms with van der Waals surface area (Å²) in [6.45, 7) is 2.48. The Morgan fingerprint density at radius 3 is 2.72 bits per heavy atom. The number of anilines is 1. The summed E-state index contributed by atoms with van der Waals surface area (Å²) >= 11 is 0. The molecule has 0 saturated heterocycles. The highest BCUT2D eigenvalue weighted by molar-refractivity contribution is 6.02.